The first-order valence-corrected chi connectivity index (χ1v) is 11.6. The second-order valence-corrected chi connectivity index (χ2v) is 10.5. The van der Waals surface area contributed by atoms with Crippen LogP contribution in [0.15, 0.2) is 49.0 Å². The van der Waals surface area contributed by atoms with Gasteiger partial charge < -0.3 is 0 Å². The molecule has 0 fully saturated rings. The lowest BCUT2D eigenvalue weighted by Gasteiger charge is -2.26. The summed E-state index contributed by atoms with van der Waals surface area (Å²) in [5.41, 5.74) is -2.37. The van der Waals surface area contributed by atoms with Crippen molar-refractivity contribution >= 4 is 60.1 Å². The van der Waals surface area contributed by atoms with E-state index in [1.165, 1.54) is 26.0 Å². The molecular weight excluding hydrogens is 478 g/mol. The monoisotopic (exact) mass is 494 g/mol. The lowest BCUT2D eigenvalue weighted by molar-refractivity contribution is -0.254. The molecule has 4 aromatic rings. The molecule has 0 atom stereocenters. The van der Waals surface area contributed by atoms with Crippen LogP contribution in [0.4, 0.5) is 26.3 Å². The van der Waals surface area contributed by atoms with Gasteiger partial charge in [-0.15, -0.1) is 22.7 Å². The number of halogens is 6. The molecule has 0 nitrogen and oxygen atoms in total. The molecule has 0 bridgehead atoms. The predicted octanol–water partition coefficient (Wildman–Crippen LogP) is 9.21. The standard InChI is InChI=1S/C25H16F6S2/c1-4-14-9-10-16-18(11-14)33-13(3)20(16)22-21(23(26,27)25(30,31)24(22,28)29)19-12(2)32-17-8-6-5-7-15(17)19/h4-11H,1H2,2-3H3. The van der Waals surface area contributed by atoms with Crippen LogP contribution in [0.5, 0.6) is 0 Å². The molecule has 8 heteroatoms. The van der Waals surface area contributed by atoms with E-state index in [4.69, 9.17) is 0 Å². The van der Waals surface area contributed by atoms with Crippen molar-refractivity contribution in [3.63, 3.8) is 0 Å². The van der Waals surface area contributed by atoms with Crippen LogP contribution in [-0.4, -0.2) is 17.8 Å². The van der Waals surface area contributed by atoms with E-state index < -0.39 is 28.9 Å². The molecule has 5 rings (SSSR count). The molecule has 0 N–H and O–H groups in total. The molecule has 0 unspecified atom stereocenters. The molecule has 1 aliphatic carbocycles. The normalized spacial score (nSPS) is 19.0. The number of aryl methyl sites for hydroxylation is 2. The summed E-state index contributed by atoms with van der Waals surface area (Å²) in [5.74, 6) is -15.7. The number of alkyl halides is 6. The smallest absolute Gasteiger partial charge is 0.194 e. The molecule has 170 valence electrons. The van der Waals surface area contributed by atoms with E-state index in [2.05, 4.69) is 6.58 Å². The summed E-state index contributed by atoms with van der Waals surface area (Å²) >= 11 is 2.21. The summed E-state index contributed by atoms with van der Waals surface area (Å²) < 4.78 is 92.2. The number of allylic oxidation sites excluding steroid dienone is 2. The van der Waals surface area contributed by atoms with Gasteiger partial charge in [0, 0.05) is 52.2 Å². The Kier molecular flexibility index (Phi) is 4.69. The second kappa shape index (κ2) is 6.96. The fourth-order valence-corrected chi connectivity index (χ4v) is 6.73. The van der Waals surface area contributed by atoms with Crippen molar-refractivity contribution in [1.29, 1.82) is 0 Å². The van der Waals surface area contributed by atoms with Crippen LogP contribution < -0.4 is 0 Å². The largest absolute Gasteiger partial charge is 0.380 e. The molecule has 33 heavy (non-hydrogen) atoms. The average Bonchev–Trinajstić information content (AvgIpc) is 3.28. The summed E-state index contributed by atoms with van der Waals surface area (Å²) in [7, 11) is 0. The highest BCUT2D eigenvalue weighted by atomic mass is 32.1. The first-order valence-electron chi connectivity index (χ1n) is 9.96. The van der Waals surface area contributed by atoms with Crippen LogP contribution in [0.3, 0.4) is 0 Å². The Morgan fingerprint density at radius 2 is 1.24 bits per heavy atom. The van der Waals surface area contributed by atoms with E-state index in [1.807, 2.05) is 0 Å². The van der Waals surface area contributed by atoms with Crippen molar-refractivity contribution in [3.8, 4) is 0 Å². The fraction of sp³-hybridized carbons (Fsp3) is 0.200. The van der Waals surface area contributed by atoms with Gasteiger partial charge in [0.1, 0.15) is 0 Å². The summed E-state index contributed by atoms with van der Waals surface area (Å²) in [6, 6.07) is 11.2. The maximum atomic E-state index is 15.4. The van der Waals surface area contributed by atoms with Gasteiger partial charge in [-0.3, -0.25) is 0 Å². The topological polar surface area (TPSA) is 0 Å². The Bertz CT molecular complexity index is 1490. The molecule has 0 spiro atoms. The van der Waals surface area contributed by atoms with E-state index in [0.717, 1.165) is 22.7 Å². The van der Waals surface area contributed by atoms with E-state index in [-0.39, 0.29) is 31.7 Å². The lowest BCUT2D eigenvalue weighted by atomic mass is 9.91. The van der Waals surface area contributed by atoms with Gasteiger partial charge in [0.15, 0.2) is 0 Å². The zero-order valence-electron chi connectivity index (χ0n) is 17.4. The van der Waals surface area contributed by atoms with Crippen LogP contribution in [0.25, 0.3) is 37.4 Å². The molecule has 0 saturated carbocycles. The number of benzene rings is 2. The number of hydrogen-bond acceptors (Lipinski definition) is 2. The first-order chi connectivity index (χ1) is 15.4. The van der Waals surface area contributed by atoms with Crippen molar-refractivity contribution in [3.05, 3.63) is 75.5 Å². The Morgan fingerprint density at radius 3 is 1.82 bits per heavy atom. The third-order valence-electron chi connectivity index (χ3n) is 6.06. The van der Waals surface area contributed by atoms with E-state index in [0.29, 0.717) is 15.0 Å². The van der Waals surface area contributed by atoms with Gasteiger partial charge in [0.2, 0.25) is 0 Å². The summed E-state index contributed by atoms with van der Waals surface area (Å²) in [6.07, 6.45) is 1.56. The number of thiophene rings is 2. The van der Waals surface area contributed by atoms with Crippen LogP contribution in [-0.2, 0) is 0 Å². The van der Waals surface area contributed by atoms with Gasteiger partial charge in [0.25, 0.3) is 0 Å². The van der Waals surface area contributed by atoms with Gasteiger partial charge >= 0.3 is 17.8 Å². The lowest BCUT2D eigenvalue weighted by Crippen LogP contribution is -2.48. The van der Waals surface area contributed by atoms with Crippen LogP contribution >= 0.6 is 22.7 Å². The zero-order valence-corrected chi connectivity index (χ0v) is 19.0. The van der Waals surface area contributed by atoms with Crippen molar-refractivity contribution in [2.75, 3.05) is 0 Å². The second-order valence-electron chi connectivity index (χ2n) is 8.00. The number of hydrogen-bond donors (Lipinski definition) is 0. The van der Waals surface area contributed by atoms with Gasteiger partial charge in [0.05, 0.1) is 0 Å². The molecule has 0 radical (unpaired) electrons. The summed E-state index contributed by atoms with van der Waals surface area (Å²) in [5, 5.41) is 0.493. The first kappa shape index (κ1) is 22.2. The maximum Gasteiger partial charge on any atom is 0.380 e. The summed E-state index contributed by atoms with van der Waals surface area (Å²) in [4.78, 5) is 0.548. The van der Waals surface area contributed by atoms with Crippen molar-refractivity contribution in [2.24, 2.45) is 0 Å². The number of fused-ring (bicyclic) bond motifs is 2. The highest BCUT2D eigenvalue weighted by molar-refractivity contribution is 7.19. The molecule has 2 aromatic carbocycles. The van der Waals surface area contributed by atoms with Gasteiger partial charge in [-0.25, -0.2) is 0 Å². The molecular formula is C25H16F6S2. The van der Waals surface area contributed by atoms with Gasteiger partial charge in [-0.2, -0.15) is 26.3 Å². The Morgan fingerprint density at radius 1 is 0.727 bits per heavy atom. The quantitative estimate of drug-likeness (QED) is 0.249. The van der Waals surface area contributed by atoms with Crippen molar-refractivity contribution < 1.29 is 26.3 Å². The van der Waals surface area contributed by atoms with E-state index in [9.17, 15) is 8.78 Å². The van der Waals surface area contributed by atoms with E-state index in [1.54, 1.807) is 36.4 Å². The zero-order chi connectivity index (χ0) is 23.9. The van der Waals surface area contributed by atoms with Gasteiger partial charge in [-0.05, 0) is 31.5 Å². The Labute approximate surface area is 193 Å². The van der Waals surface area contributed by atoms with Crippen molar-refractivity contribution in [1.82, 2.24) is 0 Å². The third-order valence-corrected chi connectivity index (χ3v) is 8.22. The molecule has 0 saturated heterocycles. The number of rotatable bonds is 3. The molecule has 2 aromatic heterocycles. The molecule has 1 aliphatic rings. The molecule has 0 amide bonds. The summed E-state index contributed by atoms with van der Waals surface area (Å²) in [6.45, 7) is 6.65. The Hall–Kier alpha value is -2.58. The highest BCUT2D eigenvalue weighted by Crippen LogP contribution is 2.66. The predicted molar refractivity (Wildman–Crippen MR) is 125 cm³/mol. The Balaban J connectivity index is 1.98. The molecule has 0 aliphatic heterocycles. The van der Waals surface area contributed by atoms with Crippen LogP contribution in [0.2, 0.25) is 0 Å². The molecule has 2 heterocycles. The third kappa shape index (κ3) is 2.77. The minimum absolute atomic E-state index is 0.237. The van der Waals surface area contributed by atoms with Crippen LogP contribution in [0, 0.1) is 13.8 Å². The minimum Gasteiger partial charge on any atom is -0.194 e. The fourth-order valence-electron chi connectivity index (χ4n) is 4.54. The highest BCUT2D eigenvalue weighted by Gasteiger charge is 2.80. The van der Waals surface area contributed by atoms with Gasteiger partial charge in [-0.1, -0.05) is 43.0 Å². The van der Waals surface area contributed by atoms with Crippen LogP contribution in [0.1, 0.15) is 26.4 Å². The average molecular weight is 495 g/mol. The maximum absolute atomic E-state index is 15.4. The SMILES string of the molecule is C=Cc1ccc2c(C3=C(c4c(C)sc5ccccc45)C(F)(F)C(F)(F)C3(F)F)c(C)sc2c1. The van der Waals surface area contributed by atoms with Crippen molar-refractivity contribution in [2.45, 2.75) is 31.6 Å². The minimum atomic E-state index is -5.58. The van der Waals surface area contributed by atoms with E-state index >= 15 is 17.6 Å².